The van der Waals surface area contributed by atoms with Crippen molar-refractivity contribution in [1.82, 2.24) is 9.97 Å². The monoisotopic (exact) mass is 398 g/mol. The number of fused-ring (bicyclic) bond motifs is 1. The molecule has 1 fully saturated rings. The van der Waals surface area contributed by atoms with Crippen molar-refractivity contribution in [3.05, 3.63) is 46.9 Å². The molecule has 0 bridgehead atoms. The summed E-state index contributed by atoms with van der Waals surface area (Å²) in [5.74, 6) is 0.362. The number of anilines is 2. The molecule has 3 aromatic rings. The summed E-state index contributed by atoms with van der Waals surface area (Å²) in [5, 5.41) is 3.93. The topological polar surface area (TPSA) is 58.1 Å². The molecular weight excluding hydrogens is 375 g/mol. The SMILES string of the molecule is CCc1cc2c(N3CCC[C@H](C(=O)Nc4ccc(C)c(F)c4)C3)ncnc2s1. The van der Waals surface area contributed by atoms with Gasteiger partial charge in [0.25, 0.3) is 0 Å². The summed E-state index contributed by atoms with van der Waals surface area (Å²) in [6.45, 7) is 5.31. The molecule has 3 heterocycles. The first-order valence-corrected chi connectivity index (χ1v) is 10.4. The lowest BCUT2D eigenvalue weighted by Crippen LogP contribution is -2.41. The van der Waals surface area contributed by atoms with Gasteiger partial charge >= 0.3 is 0 Å². The van der Waals surface area contributed by atoms with E-state index in [0.29, 0.717) is 17.8 Å². The van der Waals surface area contributed by atoms with Crippen LogP contribution in [0.1, 0.15) is 30.2 Å². The van der Waals surface area contributed by atoms with Crippen LogP contribution in [-0.4, -0.2) is 29.0 Å². The van der Waals surface area contributed by atoms with E-state index in [1.165, 1.54) is 10.9 Å². The lowest BCUT2D eigenvalue weighted by molar-refractivity contribution is -0.120. The Hall–Kier alpha value is -2.54. The third-order valence-electron chi connectivity index (χ3n) is 5.24. The number of rotatable bonds is 4. The number of thiophene rings is 1. The fraction of sp³-hybridized carbons (Fsp3) is 0.381. The molecule has 0 aliphatic carbocycles. The van der Waals surface area contributed by atoms with E-state index >= 15 is 0 Å². The van der Waals surface area contributed by atoms with Gasteiger partial charge in [-0.2, -0.15) is 0 Å². The van der Waals surface area contributed by atoms with Crippen LogP contribution in [0.25, 0.3) is 10.2 Å². The Morgan fingerprint density at radius 2 is 2.21 bits per heavy atom. The Kier molecular flexibility index (Phi) is 5.26. The van der Waals surface area contributed by atoms with E-state index in [0.717, 1.165) is 41.8 Å². The van der Waals surface area contributed by atoms with Crippen molar-refractivity contribution in [1.29, 1.82) is 0 Å². The van der Waals surface area contributed by atoms with E-state index < -0.39 is 0 Å². The minimum atomic E-state index is -0.310. The Bertz CT molecular complexity index is 1020. The Morgan fingerprint density at radius 3 is 3.00 bits per heavy atom. The number of nitrogens with one attached hydrogen (secondary N) is 1. The van der Waals surface area contributed by atoms with Crippen LogP contribution >= 0.6 is 11.3 Å². The van der Waals surface area contributed by atoms with Crippen LogP contribution in [0.4, 0.5) is 15.9 Å². The first kappa shape index (κ1) is 18.8. The Balaban J connectivity index is 1.52. The fourth-order valence-electron chi connectivity index (χ4n) is 3.62. The van der Waals surface area contributed by atoms with Gasteiger partial charge in [0, 0.05) is 23.7 Å². The number of benzene rings is 1. The number of aryl methyl sites for hydroxylation is 2. The molecule has 7 heteroatoms. The molecule has 1 saturated heterocycles. The molecule has 1 aliphatic heterocycles. The van der Waals surface area contributed by atoms with Crippen molar-refractivity contribution >= 4 is 39.0 Å². The van der Waals surface area contributed by atoms with Crippen molar-refractivity contribution in [2.45, 2.75) is 33.1 Å². The molecule has 0 unspecified atom stereocenters. The number of hydrogen-bond donors (Lipinski definition) is 1. The van der Waals surface area contributed by atoms with Gasteiger partial charge in [0.15, 0.2) is 0 Å². The molecule has 1 aliphatic rings. The van der Waals surface area contributed by atoms with Gasteiger partial charge in [-0.25, -0.2) is 14.4 Å². The zero-order valence-electron chi connectivity index (χ0n) is 16.0. The Morgan fingerprint density at radius 1 is 1.36 bits per heavy atom. The van der Waals surface area contributed by atoms with E-state index in [1.54, 1.807) is 36.7 Å². The van der Waals surface area contributed by atoms with Gasteiger partial charge in [-0.15, -0.1) is 11.3 Å². The molecule has 0 radical (unpaired) electrons. The highest BCUT2D eigenvalue weighted by Gasteiger charge is 2.28. The molecule has 1 atom stereocenters. The van der Waals surface area contributed by atoms with Gasteiger partial charge in [-0.3, -0.25) is 4.79 Å². The van der Waals surface area contributed by atoms with Crippen LogP contribution in [-0.2, 0) is 11.2 Å². The zero-order valence-corrected chi connectivity index (χ0v) is 16.9. The molecule has 2 aromatic heterocycles. The second-order valence-corrected chi connectivity index (χ2v) is 8.34. The van der Waals surface area contributed by atoms with E-state index in [1.807, 2.05) is 0 Å². The third-order valence-corrected chi connectivity index (χ3v) is 6.43. The maximum Gasteiger partial charge on any atom is 0.229 e. The summed E-state index contributed by atoms with van der Waals surface area (Å²) in [7, 11) is 0. The van der Waals surface area contributed by atoms with E-state index in [-0.39, 0.29) is 17.6 Å². The van der Waals surface area contributed by atoms with E-state index in [4.69, 9.17) is 0 Å². The van der Waals surface area contributed by atoms with Gasteiger partial charge in [0.2, 0.25) is 5.91 Å². The lowest BCUT2D eigenvalue weighted by Gasteiger charge is -2.33. The van der Waals surface area contributed by atoms with Crippen molar-refractivity contribution in [2.75, 3.05) is 23.3 Å². The molecule has 4 rings (SSSR count). The number of piperidine rings is 1. The van der Waals surface area contributed by atoms with Gasteiger partial charge in [-0.1, -0.05) is 13.0 Å². The minimum Gasteiger partial charge on any atom is -0.355 e. The van der Waals surface area contributed by atoms with Crippen LogP contribution in [0.3, 0.4) is 0 Å². The number of halogens is 1. The van der Waals surface area contributed by atoms with Crippen molar-refractivity contribution in [3.63, 3.8) is 0 Å². The fourth-order valence-corrected chi connectivity index (χ4v) is 4.55. The molecule has 1 N–H and O–H groups in total. The quantitative estimate of drug-likeness (QED) is 0.700. The second kappa shape index (κ2) is 7.83. The van der Waals surface area contributed by atoms with Crippen molar-refractivity contribution < 1.29 is 9.18 Å². The third kappa shape index (κ3) is 3.71. The number of nitrogens with zero attached hydrogens (tertiary/aromatic N) is 3. The minimum absolute atomic E-state index is 0.0715. The summed E-state index contributed by atoms with van der Waals surface area (Å²) >= 11 is 1.69. The molecule has 28 heavy (non-hydrogen) atoms. The largest absolute Gasteiger partial charge is 0.355 e. The summed E-state index contributed by atoms with van der Waals surface area (Å²) in [6.07, 6.45) is 4.30. The highest BCUT2D eigenvalue weighted by atomic mass is 32.1. The first-order valence-electron chi connectivity index (χ1n) is 9.60. The van der Waals surface area contributed by atoms with E-state index in [2.05, 4.69) is 33.2 Å². The summed E-state index contributed by atoms with van der Waals surface area (Å²) in [5.41, 5.74) is 1.07. The van der Waals surface area contributed by atoms with Gasteiger partial charge in [0.1, 0.15) is 22.8 Å². The molecule has 0 spiro atoms. The number of aromatic nitrogens is 2. The average Bonchev–Trinajstić information content (AvgIpc) is 3.14. The highest BCUT2D eigenvalue weighted by molar-refractivity contribution is 7.18. The van der Waals surface area contributed by atoms with Crippen LogP contribution < -0.4 is 10.2 Å². The zero-order chi connectivity index (χ0) is 19.7. The van der Waals surface area contributed by atoms with Crippen LogP contribution in [0.15, 0.2) is 30.6 Å². The number of carbonyl (C=O) groups is 1. The molecule has 1 amide bonds. The van der Waals surface area contributed by atoms with Crippen LogP contribution in [0.2, 0.25) is 0 Å². The molecule has 146 valence electrons. The van der Waals surface area contributed by atoms with Gasteiger partial charge < -0.3 is 10.2 Å². The highest BCUT2D eigenvalue weighted by Crippen LogP contribution is 2.32. The molecule has 0 saturated carbocycles. The Labute approximate surface area is 167 Å². The van der Waals surface area contributed by atoms with Gasteiger partial charge in [0.05, 0.1) is 11.3 Å². The molecular formula is C21H23FN4OS. The maximum absolute atomic E-state index is 13.8. The predicted octanol–water partition coefficient (Wildman–Crippen LogP) is 4.56. The molecule has 1 aromatic carbocycles. The van der Waals surface area contributed by atoms with Crippen LogP contribution in [0.5, 0.6) is 0 Å². The number of hydrogen-bond acceptors (Lipinski definition) is 5. The molecule has 5 nitrogen and oxygen atoms in total. The normalized spacial score (nSPS) is 17.1. The predicted molar refractivity (Wildman–Crippen MR) is 111 cm³/mol. The van der Waals surface area contributed by atoms with Gasteiger partial charge in [-0.05, 0) is 49.9 Å². The van der Waals surface area contributed by atoms with Crippen LogP contribution in [0, 0.1) is 18.7 Å². The van der Waals surface area contributed by atoms with Crippen molar-refractivity contribution in [2.24, 2.45) is 5.92 Å². The summed E-state index contributed by atoms with van der Waals surface area (Å²) in [4.78, 5) is 26.1. The summed E-state index contributed by atoms with van der Waals surface area (Å²) < 4.78 is 13.8. The lowest BCUT2D eigenvalue weighted by atomic mass is 9.96. The second-order valence-electron chi connectivity index (χ2n) is 7.22. The number of carbonyl (C=O) groups excluding carboxylic acids is 1. The standard InChI is InChI=1S/C21H23FN4OS/c1-3-16-10-17-19(23-12-24-21(17)28-16)26-8-4-5-14(11-26)20(27)25-15-7-6-13(2)18(22)9-15/h6-7,9-10,12,14H,3-5,8,11H2,1-2H3,(H,25,27)/t14-/m0/s1. The van der Waals surface area contributed by atoms with Crippen molar-refractivity contribution in [3.8, 4) is 0 Å². The average molecular weight is 399 g/mol. The maximum atomic E-state index is 13.8. The summed E-state index contributed by atoms with van der Waals surface area (Å²) in [6, 6.07) is 6.95. The number of amides is 1. The first-order chi connectivity index (χ1) is 13.5. The smallest absolute Gasteiger partial charge is 0.229 e. The van der Waals surface area contributed by atoms with E-state index in [9.17, 15) is 9.18 Å².